The number of hydrogen-bond donors (Lipinski definition) is 1. The molecule has 0 spiro atoms. The molecule has 1 aromatic rings. The Balaban J connectivity index is 2.03. The number of piperidine rings is 1. The molecule has 5 heteroatoms. The van der Waals surface area contributed by atoms with Crippen molar-refractivity contribution in [3.8, 4) is 0 Å². The first-order valence-corrected chi connectivity index (χ1v) is 5.73. The summed E-state index contributed by atoms with van der Waals surface area (Å²) in [6, 6.07) is 2.76. The van der Waals surface area contributed by atoms with Gasteiger partial charge in [-0.2, -0.15) is 0 Å². The van der Waals surface area contributed by atoms with Crippen molar-refractivity contribution in [2.75, 3.05) is 6.54 Å². The van der Waals surface area contributed by atoms with Gasteiger partial charge in [-0.05, 0) is 31.4 Å². The van der Waals surface area contributed by atoms with Crippen molar-refractivity contribution in [3.05, 3.63) is 24.2 Å². The average molecular weight is 237 g/mol. The van der Waals surface area contributed by atoms with Gasteiger partial charge in [-0.25, -0.2) is 4.79 Å². The normalized spacial score (nSPS) is 20.2. The van der Waals surface area contributed by atoms with Crippen LogP contribution in [0.2, 0.25) is 0 Å². The van der Waals surface area contributed by atoms with Crippen molar-refractivity contribution in [2.45, 2.75) is 31.7 Å². The standard InChI is InChI=1S/C12H15NO4/c14-11(8-9-4-3-7-17-9)13-6-2-1-5-10(13)12(15)16/h3-4,7,10H,1-2,5-6,8H2,(H,15,16). The molecule has 1 aromatic heterocycles. The molecule has 1 saturated heterocycles. The second kappa shape index (κ2) is 5.03. The van der Waals surface area contributed by atoms with Crippen molar-refractivity contribution in [1.82, 2.24) is 4.90 Å². The molecule has 0 aliphatic carbocycles. The maximum absolute atomic E-state index is 12.0. The molecule has 1 atom stereocenters. The zero-order valence-electron chi connectivity index (χ0n) is 9.46. The second-order valence-electron chi connectivity index (χ2n) is 4.19. The third-order valence-electron chi connectivity index (χ3n) is 3.01. The van der Waals surface area contributed by atoms with E-state index in [9.17, 15) is 9.59 Å². The van der Waals surface area contributed by atoms with E-state index in [1.54, 1.807) is 12.1 Å². The molecular formula is C12H15NO4. The topological polar surface area (TPSA) is 70.8 Å². The van der Waals surface area contributed by atoms with Crippen LogP contribution in [-0.2, 0) is 16.0 Å². The highest BCUT2D eigenvalue weighted by molar-refractivity contribution is 5.84. The van der Waals surface area contributed by atoms with E-state index in [2.05, 4.69) is 0 Å². The zero-order valence-corrected chi connectivity index (χ0v) is 9.46. The van der Waals surface area contributed by atoms with Crippen molar-refractivity contribution in [3.63, 3.8) is 0 Å². The highest BCUT2D eigenvalue weighted by atomic mass is 16.4. The van der Waals surface area contributed by atoms with Gasteiger partial charge in [0.15, 0.2) is 0 Å². The zero-order chi connectivity index (χ0) is 12.3. The summed E-state index contributed by atoms with van der Waals surface area (Å²) in [6.45, 7) is 0.524. The molecule has 0 aromatic carbocycles. The van der Waals surface area contributed by atoms with Crippen LogP contribution in [0, 0.1) is 0 Å². The number of carboxylic acid groups (broad SMARTS) is 1. The predicted molar refractivity (Wildman–Crippen MR) is 59.4 cm³/mol. The molecule has 2 heterocycles. The third-order valence-corrected chi connectivity index (χ3v) is 3.01. The lowest BCUT2D eigenvalue weighted by Crippen LogP contribution is -2.48. The molecule has 1 fully saturated rings. The van der Waals surface area contributed by atoms with Crippen LogP contribution in [0.4, 0.5) is 0 Å². The number of hydrogen-bond acceptors (Lipinski definition) is 3. The lowest BCUT2D eigenvalue weighted by Gasteiger charge is -2.32. The van der Waals surface area contributed by atoms with Gasteiger partial charge in [-0.15, -0.1) is 0 Å². The molecule has 0 saturated carbocycles. The van der Waals surface area contributed by atoms with Gasteiger partial charge >= 0.3 is 5.97 Å². The van der Waals surface area contributed by atoms with Gasteiger partial charge in [0.1, 0.15) is 11.8 Å². The molecule has 2 rings (SSSR count). The van der Waals surface area contributed by atoms with Gasteiger partial charge in [0.2, 0.25) is 5.91 Å². The van der Waals surface area contributed by atoms with E-state index >= 15 is 0 Å². The number of carbonyl (C=O) groups is 2. The number of rotatable bonds is 3. The minimum atomic E-state index is -0.919. The smallest absolute Gasteiger partial charge is 0.326 e. The number of likely N-dealkylation sites (tertiary alicyclic amines) is 1. The molecule has 1 aliphatic heterocycles. The van der Waals surface area contributed by atoms with Gasteiger partial charge in [0.25, 0.3) is 0 Å². The summed E-state index contributed by atoms with van der Waals surface area (Å²) in [5.74, 6) is -0.519. The summed E-state index contributed by atoms with van der Waals surface area (Å²) in [4.78, 5) is 24.5. The van der Waals surface area contributed by atoms with Gasteiger partial charge < -0.3 is 14.4 Å². The Labute approximate surface area is 99.0 Å². The summed E-state index contributed by atoms with van der Waals surface area (Å²) in [7, 11) is 0. The van der Waals surface area contributed by atoms with E-state index < -0.39 is 12.0 Å². The maximum Gasteiger partial charge on any atom is 0.326 e. The van der Waals surface area contributed by atoms with Crippen LogP contribution in [0.5, 0.6) is 0 Å². The molecular weight excluding hydrogens is 222 g/mol. The van der Waals surface area contributed by atoms with E-state index in [0.29, 0.717) is 18.7 Å². The average Bonchev–Trinajstić information content (AvgIpc) is 2.81. The van der Waals surface area contributed by atoms with Crippen molar-refractivity contribution >= 4 is 11.9 Å². The first-order valence-electron chi connectivity index (χ1n) is 5.73. The molecule has 5 nitrogen and oxygen atoms in total. The largest absolute Gasteiger partial charge is 0.480 e. The molecule has 0 bridgehead atoms. The number of nitrogens with zero attached hydrogens (tertiary/aromatic N) is 1. The Kier molecular flexibility index (Phi) is 3.46. The van der Waals surface area contributed by atoms with E-state index in [1.807, 2.05) is 0 Å². The van der Waals surface area contributed by atoms with E-state index in [4.69, 9.17) is 9.52 Å². The van der Waals surface area contributed by atoms with Gasteiger partial charge in [0.05, 0.1) is 12.7 Å². The van der Waals surface area contributed by atoms with Crippen LogP contribution in [0.25, 0.3) is 0 Å². The number of carboxylic acids is 1. The van der Waals surface area contributed by atoms with E-state index in [0.717, 1.165) is 12.8 Å². The van der Waals surface area contributed by atoms with Gasteiger partial charge in [0, 0.05) is 6.54 Å². The van der Waals surface area contributed by atoms with Gasteiger partial charge in [-0.3, -0.25) is 4.79 Å². The molecule has 92 valence electrons. The summed E-state index contributed by atoms with van der Waals surface area (Å²) < 4.78 is 5.10. The molecule has 17 heavy (non-hydrogen) atoms. The van der Waals surface area contributed by atoms with Crippen LogP contribution in [0.1, 0.15) is 25.0 Å². The highest BCUT2D eigenvalue weighted by Gasteiger charge is 2.31. The van der Waals surface area contributed by atoms with Crippen LogP contribution in [0.3, 0.4) is 0 Å². The number of carbonyl (C=O) groups excluding carboxylic acids is 1. The van der Waals surface area contributed by atoms with Crippen LogP contribution < -0.4 is 0 Å². The minimum Gasteiger partial charge on any atom is -0.480 e. The third kappa shape index (κ3) is 2.67. The van der Waals surface area contributed by atoms with Crippen molar-refractivity contribution in [1.29, 1.82) is 0 Å². The monoisotopic (exact) mass is 237 g/mol. The quantitative estimate of drug-likeness (QED) is 0.859. The molecule has 0 radical (unpaired) electrons. The SMILES string of the molecule is O=C(O)C1CCCCN1C(=O)Cc1ccco1. The van der Waals surface area contributed by atoms with Crippen LogP contribution >= 0.6 is 0 Å². The fourth-order valence-corrected chi connectivity index (χ4v) is 2.15. The number of furan rings is 1. The van der Waals surface area contributed by atoms with E-state index in [1.165, 1.54) is 11.2 Å². The van der Waals surface area contributed by atoms with Crippen molar-refractivity contribution < 1.29 is 19.1 Å². The molecule has 1 N–H and O–H groups in total. The van der Waals surface area contributed by atoms with Gasteiger partial charge in [-0.1, -0.05) is 0 Å². The summed E-state index contributed by atoms with van der Waals surface area (Å²) in [5, 5.41) is 9.07. The summed E-state index contributed by atoms with van der Waals surface area (Å²) in [6.07, 6.45) is 3.92. The Morgan fingerprint density at radius 1 is 1.47 bits per heavy atom. The maximum atomic E-state index is 12.0. The van der Waals surface area contributed by atoms with Crippen LogP contribution in [-0.4, -0.2) is 34.5 Å². The lowest BCUT2D eigenvalue weighted by atomic mass is 10.0. The number of aliphatic carboxylic acids is 1. The van der Waals surface area contributed by atoms with Crippen molar-refractivity contribution in [2.24, 2.45) is 0 Å². The lowest BCUT2D eigenvalue weighted by molar-refractivity contribution is -0.151. The fraction of sp³-hybridized carbons (Fsp3) is 0.500. The fourth-order valence-electron chi connectivity index (χ4n) is 2.15. The van der Waals surface area contributed by atoms with E-state index in [-0.39, 0.29) is 12.3 Å². The highest BCUT2D eigenvalue weighted by Crippen LogP contribution is 2.18. The Morgan fingerprint density at radius 3 is 2.94 bits per heavy atom. The first kappa shape index (κ1) is 11.7. The summed E-state index contributed by atoms with van der Waals surface area (Å²) >= 11 is 0. The molecule has 1 aliphatic rings. The Hall–Kier alpha value is -1.78. The number of amides is 1. The molecule has 1 unspecified atom stereocenters. The Bertz CT molecular complexity index is 399. The summed E-state index contributed by atoms with van der Waals surface area (Å²) in [5.41, 5.74) is 0. The molecule has 1 amide bonds. The second-order valence-corrected chi connectivity index (χ2v) is 4.19. The van der Waals surface area contributed by atoms with Crippen LogP contribution in [0.15, 0.2) is 22.8 Å². The predicted octanol–water partition coefficient (Wildman–Crippen LogP) is 1.29. The minimum absolute atomic E-state index is 0.136. The first-order chi connectivity index (χ1) is 8.18. The Morgan fingerprint density at radius 2 is 2.29 bits per heavy atom.